The molecular weight excluding hydrogens is 423 g/mol. The first-order valence-electron chi connectivity index (χ1n) is 9.19. The summed E-state index contributed by atoms with van der Waals surface area (Å²) in [5.74, 6) is -1.87. The van der Waals surface area contributed by atoms with Gasteiger partial charge in [0.2, 0.25) is 5.91 Å². The quantitative estimate of drug-likeness (QED) is 0.423. The number of carbonyl (C=O) groups is 2. The summed E-state index contributed by atoms with van der Waals surface area (Å²) >= 11 is 0. The number of carbonyl (C=O) groups excluding carboxylic acids is 1. The second kappa shape index (κ2) is 9.04. The Labute approximate surface area is 179 Å². The van der Waals surface area contributed by atoms with Crippen molar-refractivity contribution < 1.29 is 28.3 Å². The Morgan fingerprint density at radius 2 is 2.00 bits per heavy atom. The predicted molar refractivity (Wildman–Crippen MR) is 106 cm³/mol. The van der Waals surface area contributed by atoms with Crippen molar-refractivity contribution in [1.82, 2.24) is 25.1 Å². The maximum atomic E-state index is 13.7. The van der Waals surface area contributed by atoms with Crippen molar-refractivity contribution >= 4 is 17.6 Å². The van der Waals surface area contributed by atoms with Gasteiger partial charge in [-0.3, -0.25) is 9.78 Å². The van der Waals surface area contributed by atoms with Gasteiger partial charge in [0, 0.05) is 24.1 Å². The largest absolute Gasteiger partial charge is 0.486 e. The third kappa shape index (κ3) is 4.92. The SMILES string of the molecule is O=C(Cn1cc(COc2ccc(F)cc2-c2cc(C(=O)O)no2)nn1)Nc1ccncc1. The van der Waals surface area contributed by atoms with Crippen LogP contribution in [0.5, 0.6) is 5.75 Å². The minimum absolute atomic E-state index is 0.0355. The number of carboxylic acids is 1. The van der Waals surface area contributed by atoms with E-state index < -0.39 is 11.8 Å². The molecule has 0 fully saturated rings. The number of anilines is 1. The molecule has 0 aliphatic heterocycles. The minimum atomic E-state index is -1.27. The number of hydrogen-bond acceptors (Lipinski definition) is 8. The molecule has 11 nitrogen and oxygen atoms in total. The summed E-state index contributed by atoms with van der Waals surface area (Å²) in [5, 5.41) is 23.0. The van der Waals surface area contributed by atoms with Crippen molar-refractivity contribution in [1.29, 1.82) is 0 Å². The van der Waals surface area contributed by atoms with Gasteiger partial charge in [-0.05, 0) is 30.3 Å². The fraction of sp³-hybridized carbons (Fsp3) is 0.100. The van der Waals surface area contributed by atoms with Crippen molar-refractivity contribution in [3.8, 4) is 17.1 Å². The summed E-state index contributed by atoms with van der Waals surface area (Å²) in [6.45, 7) is -0.0995. The Balaban J connectivity index is 1.41. The molecule has 2 N–H and O–H groups in total. The molecule has 0 saturated carbocycles. The lowest BCUT2D eigenvalue weighted by Gasteiger charge is -2.08. The molecule has 1 amide bonds. The second-order valence-electron chi connectivity index (χ2n) is 6.50. The van der Waals surface area contributed by atoms with Crippen LogP contribution in [0.25, 0.3) is 11.3 Å². The Hall–Kier alpha value is -4.61. The molecule has 0 aliphatic carbocycles. The number of amides is 1. The molecule has 3 heterocycles. The summed E-state index contributed by atoms with van der Waals surface area (Å²) in [6.07, 6.45) is 4.66. The van der Waals surface area contributed by atoms with Crippen molar-refractivity contribution in [2.24, 2.45) is 0 Å². The Bertz CT molecular complexity index is 1260. The first-order valence-corrected chi connectivity index (χ1v) is 9.19. The highest BCUT2D eigenvalue weighted by Crippen LogP contribution is 2.32. The zero-order chi connectivity index (χ0) is 22.5. The summed E-state index contributed by atoms with van der Waals surface area (Å²) in [6, 6.07) is 8.19. The van der Waals surface area contributed by atoms with Crippen LogP contribution in [0.15, 0.2) is 59.5 Å². The number of pyridine rings is 1. The number of rotatable bonds is 8. The molecule has 0 atom stereocenters. The average molecular weight is 438 g/mol. The lowest BCUT2D eigenvalue weighted by Crippen LogP contribution is -2.19. The smallest absolute Gasteiger partial charge is 0.358 e. The van der Waals surface area contributed by atoms with Crippen molar-refractivity contribution in [2.45, 2.75) is 13.2 Å². The molecule has 0 aliphatic rings. The number of benzene rings is 1. The van der Waals surface area contributed by atoms with Crippen LogP contribution in [0.2, 0.25) is 0 Å². The number of carboxylic acid groups (broad SMARTS) is 1. The van der Waals surface area contributed by atoms with E-state index in [0.717, 1.165) is 6.07 Å². The lowest BCUT2D eigenvalue weighted by molar-refractivity contribution is -0.116. The van der Waals surface area contributed by atoms with Gasteiger partial charge in [-0.1, -0.05) is 10.4 Å². The molecule has 32 heavy (non-hydrogen) atoms. The van der Waals surface area contributed by atoms with Gasteiger partial charge in [0.25, 0.3) is 0 Å². The predicted octanol–water partition coefficient (Wildman–Crippen LogP) is 2.38. The van der Waals surface area contributed by atoms with Crippen molar-refractivity contribution in [3.05, 3.63) is 72.2 Å². The molecule has 0 spiro atoms. The van der Waals surface area contributed by atoms with Gasteiger partial charge in [0.05, 0.1) is 11.8 Å². The fourth-order valence-electron chi connectivity index (χ4n) is 2.74. The van der Waals surface area contributed by atoms with Gasteiger partial charge in [-0.2, -0.15) is 0 Å². The third-order valence-corrected chi connectivity index (χ3v) is 4.17. The maximum absolute atomic E-state index is 13.7. The van der Waals surface area contributed by atoms with Crippen LogP contribution in [0.3, 0.4) is 0 Å². The van der Waals surface area contributed by atoms with Crippen LogP contribution in [0.1, 0.15) is 16.2 Å². The molecule has 0 bridgehead atoms. The highest BCUT2D eigenvalue weighted by molar-refractivity contribution is 5.90. The average Bonchev–Trinajstić information content (AvgIpc) is 3.43. The Morgan fingerprint density at radius 3 is 2.75 bits per heavy atom. The molecule has 12 heteroatoms. The van der Waals surface area contributed by atoms with E-state index in [1.807, 2.05) is 0 Å². The minimum Gasteiger partial charge on any atom is -0.486 e. The Kier molecular flexibility index (Phi) is 5.83. The van der Waals surface area contributed by atoms with Crippen LogP contribution in [-0.4, -0.2) is 42.1 Å². The summed E-state index contributed by atoms with van der Waals surface area (Å²) < 4.78 is 25.8. The van der Waals surface area contributed by atoms with Crippen LogP contribution in [0.4, 0.5) is 10.1 Å². The highest BCUT2D eigenvalue weighted by Gasteiger charge is 2.17. The molecule has 4 aromatic rings. The van der Waals surface area contributed by atoms with E-state index in [1.54, 1.807) is 24.5 Å². The van der Waals surface area contributed by atoms with E-state index in [2.05, 4.69) is 25.8 Å². The fourth-order valence-corrected chi connectivity index (χ4v) is 2.74. The van der Waals surface area contributed by atoms with Crippen LogP contribution in [-0.2, 0) is 17.9 Å². The molecule has 0 radical (unpaired) electrons. The monoisotopic (exact) mass is 438 g/mol. The van der Waals surface area contributed by atoms with E-state index in [-0.39, 0.29) is 41.8 Å². The van der Waals surface area contributed by atoms with Gasteiger partial charge in [-0.15, -0.1) is 5.10 Å². The second-order valence-corrected chi connectivity index (χ2v) is 6.50. The van der Waals surface area contributed by atoms with Crippen LogP contribution in [0, 0.1) is 5.82 Å². The molecular formula is C20H15FN6O5. The van der Waals surface area contributed by atoms with Crippen LogP contribution < -0.4 is 10.1 Å². The molecule has 0 unspecified atom stereocenters. The standard InChI is InChI=1S/C20H15FN6O5/c21-12-1-2-17(15(7-12)18-8-16(20(29)30)25-32-18)31-11-14-9-27(26-24-14)10-19(28)23-13-3-5-22-6-4-13/h1-9H,10-11H2,(H,29,30)(H,22,23,28). The van der Waals surface area contributed by atoms with Crippen molar-refractivity contribution in [3.63, 3.8) is 0 Å². The molecule has 162 valence electrons. The summed E-state index contributed by atoms with van der Waals surface area (Å²) in [7, 11) is 0. The highest BCUT2D eigenvalue weighted by atomic mass is 19.1. The number of aromatic nitrogens is 5. The number of halogens is 1. The van der Waals surface area contributed by atoms with Gasteiger partial charge >= 0.3 is 5.97 Å². The third-order valence-electron chi connectivity index (χ3n) is 4.17. The molecule has 4 rings (SSSR count). The van der Waals surface area contributed by atoms with Crippen LogP contribution >= 0.6 is 0 Å². The number of aromatic carboxylic acids is 1. The van der Waals surface area contributed by atoms with Gasteiger partial charge in [0.15, 0.2) is 11.5 Å². The van der Waals surface area contributed by atoms with Crippen molar-refractivity contribution in [2.75, 3.05) is 5.32 Å². The summed E-state index contributed by atoms with van der Waals surface area (Å²) in [5.41, 5.74) is 0.897. The Morgan fingerprint density at radius 1 is 1.19 bits per heavy atom. The van der Waals surface area contributed by atoms with E-state index >= 15 is 0 Å². The number of nitrogens with zero attached hydrogens (tertiary/aromatic N) is 5. The molecule has 0 saturated heterocycles. The molecule has 1 aromatic carbocycles. The van der Waals surface area contributed by atoms with Gasteiger partial charge in [-0.25, -0.2) is 13.9 Å². The first kappa shape index (κ1) is 20.7. The zero-order valence-corrected chi connectivity index (χ0v) is 16.3. The zero-order valence-electron chi connectivity index (χ0n) is 16.3. The van der Waals surface area contributed by atoms with E-state index in [1.165, 1.54) is 29.1 Å². The first-order chi connectivity index (χ1) is 15.5. The van der Waals surface area contributed by atoms with E-state index in [4.69, 9.17) is 14.4 Å². The van der Waals surface area contributed by atoms with Gasteiger partial charge < -0.3 is 19.7 Å². The number of hydrogen-bond donors (Lipinski definition) is 2. The van der Waals surface area contributed by atoms with Gasteiger partial charge in [0.1, 0.15) is 30.4 Å². The topological polar surface area (TPSA) is 145 Å². The number of nitrogens with one attached hydrogen (secondary N) is 1. The summed E-state index contributed by atoms with van der Waals surface area (Å²) in [4.78, 5) is 27.0. The maximum Gasteiger partial charge on any atom is 0.358 e. The normalized spacial score (nSPS) is 10.7. The van der Waals surface area contributed by atoms with E-state index in [0.29, 0.717) is 11.4 Å². The lowest BCUT2D eigenvalue weighted by atomic mass is 10.1. The number of ether oxygens (including phenoxy) is 1. The molecule has 3 aromatic heterocycles. The van der Waals surface area contributed by atoms with E-state index in [9.17, 15) is 14.0 Å².